The molecule has 0 unspecified atom stereocenters. The molecule has 0 aromatic carbocycles. The Balaban J connectivity index is 3.48. The predicted molar refractivity (Wildman–Crippen MR) is 57.5 cm³/mol. The molecule has 15 heavy (non-hydrogen) atoms. The maximum absolute atomic E-state index is 11.3. The van der Waals surface area contributed by atoms with Gasteiger partial charge in [-0.2, -0.15) is 0 Å². The van der Waals surface area contributed by atoms with Crippen molar-refractivity contribution in [2.45, 2.75) is 13.0 Å². The van der Waals surface area contributed by atoms with Crippen LogP contribution in [0.5, 0.6) is 5.88 Å². The summed E-state index contributed by atoms with van der Waals surface area (Å²) in [5.74, 6) is -0.282. The Morgan fingerprint density at radius 2 is 2.27 bits per heavy atom. The Bertz CT molecular complexity index is 459. The summed E-state index contributed by atoms with van der Waals surface area (Å²) in [6.07, 6.45) is 1.93. The van der Waals surface area contributed by atoms with Crippen molar-refractivity contribution in [1.82, 2.24) is 9.55 Å². The molecule has 0 spiro atoms. The Labute approximate surface area is 90.7 Å². The van der Waals surface area contributed by atoms with Gasteiger partial charge in [0.05, 0.1) is 5.56 Å². The fourth-order valence-electron chi connectivity index (χ4n) is 1.17. The quantitative estimate of drug-likeness (QED) is 0.446. The van der Waals surface area contributed by atoms with E-state index in [9.17, 15) is 14.7 Å². The molecule has 1 aromatic heterocycles. The number of hydrogen-bond donors (Lipinski definition) is 2. The van der Waals surface area contributed by atoms with E-state index in [1.807, 2.05) is 0 Å². The van der Waals surface area contributed by atoms with Gasteiger partial charge in [-0.15, -0.1) is 6.58 Å². The first-order valence-corrected chi connectivity index (χ1v) is 4.62. The first kappa shape index (κ1) is 11.4. The molecule has 5 nitrogen and oxygen atoms in total. The fourth-order valence-corrected chi connectivity index (χ4v) is 1.42. The number of aromatic nitrogens is 2. The molecule has 1 rings (SSSR count). The molecule has 0 aliphatic heterocycles. The molecule has 2 N–H and O–H groups in total. The summed E-state index contributed by atoms with van der Waals surface area (Å²) < 4.78 is 1.40. The molecule has 0 fully saturated rings. The zero-order valence-corrected chi connectivity index (χ0v) is 8.71. The van der Waals surface area contributed by atoms with Crippen LogP contribution in [0.1, 0.15) is 5.56 Å². The number of aromatic hydroxyl groups is 1. The molecule has 0 radical (unpaired) electrons. The number of nitrogens with zero attached hydrogens (tertiary/aromatic N) is 1. The maximum Gasteiger partial charge on any atom is 0.259 e. The molecule has 0 saturated carbocycles. The van der Waals surface area contributed by atoms with Gasteiger partial charge in [-0.25, -0.2) is 0 Å². The van der Waals surface area contributed by atoms with Gasteiger partial charge < -0.3 is 9.90 Å². The Morgan fingerprint density at radius 3 is 2.80 bits per heavy atom. The normalized spacial score (nSPS) is 9.87. The molecule has 0 aliphatic rings. The summed E-state index contributed by atoms with van der Waals surface area (Å²) in [6, 6.07) is 0. The number of aldehydes is 1. The van der Waals surface area contributed by atoms with Gasteiger partial charge in [-0.05, 0) is 12.2 Å². The van der Waals surface area contributed by atoms with E-state index in [4.69, 9.17) is 12.2 Å². The number of H-pyrrole nitrogens is 1. The van der Waals surface area contributed by atoms with Crippen LogP contribution in [0.25, 0.3) is 0 Å². The fraction of sp³-hybridized carbons (Fsp3) is 0.222. The van der Waals surface area contributed by atoms with Crippen molar-refractivity contribution >= 4 is 18.5 Å². The van der Waals surface area contributed by atoms with Crippen LogP contribution in [-0.4, -0.2) is 20.9 Å². The second-order valence-electron chi connectivity index (χ2n) is 2.83. The zero-order chi connectivity index (χ0) is 11.4. The molecular formula is C9H10N2O3S. The summed E-state index contributed by atoms with van der Waals surface area (Å²) in [7, 11) is 0. The summed E-state index contributed by atoms with van der Waals surface area (Å²) in [4.78, 5) is 24.0. The average molecular weight is 226 g/mol. The van der Waals surface area contributed by atoms with Gasteiger partial charge in [0.2, 0.25) is 5.88 Å². The van der Waals surface area contributed by atoms with E-state index in [2.05, 4.69) is 11.6 Å². The van der Waals surface area contributed by atoms with E-state index >= 15 is 0 Å². The molecular weight excluding hydrogens is 216 g/mol. The van der Waals surface area contributed by atoms with E-state index in [0.717, 1.165) is 0 Å². The summed E-state index contributed by atoms with van der Waals surface area (Å²) in [6.45, 7) is 3.77. The summed E-state index contributed by atoms with van der Waals surface area (Å²) >= 11 is 4.85. The van der Waals surface area contributed by atoms with Crippen molar-refractivity contribution in [3.8, 4) is 5.88 Å². The summed E-state index contributed by atoms with van der Waals surface area (Å²) in [5, 5.41) is 9.68. The third-order valence-corrected chi connectivity index (χ3v) is 2.19. The maximum atomic E-state index is 11.3. The first-order valence-electron chi connectivity index (χ1n) is 4.21. The van der Waals surface area contributed by atoms with Crippen LogP contribution in [0.15, 0.2) is 17.4 Å². The van der Waals surface area contributed by atoms with Crippen LogP contribution < -0.4 is 5.56 Å². The van der Waals surface area contributed by atoms with Crippen LogP contribution >= 0.6 is 12.2 Å². The van der Waals surface area contributed by atoms with E-state index in [1.165, 1.54) is 10.6 Å². The van der Waals surface area contributed by atoms with Crippen molar-refractivity contribution in [1.29, 1.82) is 0 Å². The first-order chi connectivity index (χ1) is 7.11. The summed E-state index contributed by atoms with van der Waals surface area (Å²) in [5.41, 5.74) is -0.523. The monoisotopic (exact) mass is 226 g/mol. The number of nitrogens with one attached hydrogen (secondary N) is 1. The number of carbonyl (C=O) groups is 1. The molecule has 0 saturated heterocycles. The van der Waals surface area contributed by atoms with Gasteiger partial charge in [0, 0.05) is 13.0 Å². The van der Waals surface area contributed by atoms with Crippen LogP contribution in [0.3, 0.4) is 0 Å². The number of hydrogen-bond acceptors (Lipinski definition) is 4. The van der Waals surface area contributed by atoms with Crippen molar-refractivity contribution in [3.63, 3.8) is 0 Å². The minimum Gasteiger partial charge on any atom is -0.494 e. The third kappa shape index (κ3) is 2.21. The van der Waals surface area contributed by atoms with Gasteiger partial charge in [-0.1, -0.05) is 6.08 Å². The molecule has 0 bridgehead atoms. The molecule has 0 aliphatic carbocycles. The largest absolute Gasteiger partial charge is 0.494 e. The highest BCUT2D eigenvalue weighted by atomic mass is 32.1. The van der Waals surface area contributed by atoms with Crippen molar-refractivity contribution in [2.24, 2.45) is 0 Å². The highest BCUT2D eigenvalue weighted by molar-refractivity contribution is 7.71. The van der Waals surface area contributed by atoms with E-state index < -0.39 is 5.56 Å². The molecule has 0 atom stereocenters. The van der Waals surface area contributed by atoms with Gasteiger partial charge in [-0.3, -0.25) is 14.3 Å². The highest BCUT2D eigenvalue weighted by Crippen LogP contribution is 2.12. The van der Waals surface area contributed by atoms with Gasteiger partial charge in [0.1, 0.15) is 6.29 Å². The lowest BCUT2D eigenvalue weighted by Gasteiger charge is -2.08. The van der Waals surface area contributed by atoms with Crippen LogP contribution in [0.4, 0.5) is 0 Å². The lowest BCUT2D eigenvalue weighted by molar-refractivity contribution is -0.107. The van der Waals surface area contributed by atoms with E-state index in [0.29, 0.717) is 6.29 Å². The van der Waals surface area contributed by atoms with Crippen molar-refractivity contribution < 1.29 is 9.90 Å². The zero-order valence-electron chi connectivity index (χ0n) is 7.90. The van der Waals surface area contributed by atoms with Crippen LogP contribution in [0, 0.1) is 4.77 Å². The number of rotatable bonds is 4. The van der Waals surface area contributed by atoms with E-state index in [1.54, 1.807) is 0 Å². The minimum atomic E-state index is -0.537. The standard InChI is InChI=1S/C9H10N2O3S/c1-2-4-11-8(14)6(3-5-12)7(13)10-9(11)15/h2,5,14H,1,3-4H2,(H,10,13,15). The SMILES string of the molecule is C=CCn1c(O)c(CC=O)c(=O)[nH]c1=S. The van der Waals surface area contributed by atoms with Crippen molar-refractivity contribution in [3.05, 3.63) is 33.3 Å². The Kier molecular flexibility index (Phi) is 3.56. The molecule has 1 heterocycles. The van der Waals surface area contributed by atoms with Crippen molar-refractivity contribution in [2.75, 3.05) is 0 Å². The molecule has 6 heteroatoms. The molecule has 0 amide bonds. The van der Waals surface area contributed by atoms with Gasteiger partial charge in [0.25, 0.3) is 5.56 Å². The van der Waals surface area contributed by atoms with Gasteiger partial charge in [0.15, 0.2) is 4.77 Å². The topological polar surface area (TPSA) is 75.1 Å². The highest BCUT2D eigenvalue weighted by Gasteiger charge is 2.10. The third-order valence-electron chi connectivity index (χ3n) is 1.86. The Hall–Kier alpha value is -1.69. The lowest BCUT2D eigenvalue weighted by Crippen LogP contribution is -2.19. The number of allylic oxidation sites excluding steroid dienone is 1. The average Bonchev–Trinajstić information content (AvgIpc) is 2.19. The smallest absolute Gasteiger partial charge is 0.259 e. The van der Waals surface area contributed by atoms with E-state index in [-0.39, 0.29) is 29.2 Å². The Morgan fingerprint density at radius 1 is 1.60 bits per heavy atom. The van der Waals surface area contributed by atoms with Gasteiger partial charge >= 0.3 is 0 Å². The molecule has 1 aromatic rings. The predicted octanol–water partition coefficient (Wildman–Crippen LogP) is 0.539. The second kappa shape index (κ2) is 4.70. The minimum absolute atomic E-state index is 0.0143. The molecule has 80 valence electrons. The second-order valence-corrected chi connectivity index (χ2v) is 3.22. The van der Waals surface area contributed by atoms with Crippen LogP contribution in [0.2, 0.25) is 0 Å². The lowest BCUT2D eigenvalue weighted by atomic mass is 10.2. The number of carbonyl (C=O) groups excluding carboxylic acids is 1. The number of aromatic amines is 1. The van der Waals surface area contributed by atoms with Crippen LogP contribution in [-0.2, 0) is 17.8 Å².